The van der Waals surface area contributed by atoms with Gasteiger partial charge in [0.25, 0.3) is 0 Å². The molecule has 13 aromatic rings. The van der Waals surface area contributed by atoms with Crippen molar-refractivity contribution in [2.45, 2.75) is 0 Å². The lowest BCUT2D eigenvalue weighted by Crippen LogP contribution is -2.10. The Morgan fingerprint density at radius 3 is 1.43 bits per heavy atom. The number of fused-ring (bicyclic) bond motifs is 8. The molecular formula is C64H42N2S. The lowest BCUT2D eigenvalue weighted by molar-refractivity contribution is 1.19. The molecule has 11 aromatic carbocycles. The van der Waals surface area contributed by atoms with E-state index in [0.717, 1.165) is 28.3 Å². The number of benzene rings is 11. The Labute approximate surface area is 393 Å². The molecule has 0 aliphatic rings. The minimum absolute atomic E-state index is 1.08. The summed E-state index contributed by atoms with van der Waals surface area (Å²) in [6.45, 7) is 0. The Hall–Kier alpha value is -8.50. The third kappa shape index (κ3) is 6.88. The third-order valence-electron chi connectivity index (χ3n) is 13.4. The molecule has 2 nitrogen and oxygen atoms in total. The number of aromatic nitrogens is 1. The highest BCUT2D eigenvalue weighted by Gasteiger charge is 2.19. The van der Waals surface area contributed by atoms with E-state index in [-0.39, 0.29) is 0 Å². The summed E-state index contributed by atoms with van der Waals surface area (Å²) >= 11 is 1.86. The van der Waals surface area contributed by atoms with Crippen molar-refractivity contribution < 1.29 is 0 Å². The van der Waals surface area contributed by atoms with Gasteiger partial charge < -0.3 is 9.47 Å². The second-order valence-corrected chi connectivity index (χ2v) is 18.4. The average Bonchev–Trinajstić information content (AvgIpc) is 3.95. The highest BCUT2D eigenvalue weighted by Crippen LogP contribution is 2.43. The fraction of sp³-hybridized carbons (Fsp3) is 0. The summed E-state index contributed by atoms with van der Waals surface area (Å²) in [5, 5.41) is 7.63. The maximum absolute atomic E-state index is 2.45. The molecule has 2 aromatic heterocycles. The molecule has 0 saturated heterocycles. The first-order valence-electron chi connectivity index (χ1n) is 22.9. The van der Waals surface area contributed by atoms with E-state index < -0.39 is 0 Å². The molecule has 0 spiro atoms. The Kier molecular flexibility index (Phi) is 9.40. The quantitative estimate of drug-likeness (QED) is 0.148. The van der Waals surface area contributed by atoms with Crippen LogP contribution in [0.5, 0.6) is 0 Å². The van der Waals surface area contributed by atoms with Crippen molar-refractivity contribution in [3.63, 3.8) is 0 Å². The zero-order valence-electron chi connectivity index (χ0n) is 36.6. The van der Waals surface area contributed by atoms with E-state index >= 15 is 0 Å². The van der Waals surface area contributed by atoms with Gasteiger partial charge in [0, 0.05) is 59.1 Å². The first-order valence-corrected chi connectivity index (χ1v) is 23.7. The molecule has 13 rings (SSSR count). The molecule has 0 fully saturated rings. The number of hydrogen-bond acceptors (Lipinski definition) is 2. The third-order valence-corrected chi connectivity index (χ3v) is 14.5. The molecule has 0 aliphatic carbocycles. The molecule has 314 valence electrons. The van der Waals surface area contributed by atoms with Gasteiger partial charge in [-0.05, 0) is 123 Å². The van der Waals surface area contributed by atoms with Crippen molar-refractivity contribution in [2.75, 3.05) is 4.90 Å². The van der Waals surface area contributed by atoms with E-state index in [2.05, 4.69) is 264 Å². The van der Waals surface area contributed by atoms with Crippen LogP contribution in [0.2, 0.25) is 0 Å². The maximum atomic E-state index is 2.45. The molecule has 0 radical (unpaired) electrons. The topological polar surface area (TPSA) is 8.17 Å². The highest BCUT2D eigenvalue weighted by atomic mass is 32.1. The second-order valence-electron chi connectivity index (χ2n) is 17.3. The minimum atomic E-state index is 1.08. The van der Waals surface area contributed by atoms with Gasteiger partial charge in [0.05, 0.1) is 11.0 Å². The number of thiophene rings is 1. The van der Waals surface area contributed by atoms with Gasteiger partial charge in [-0.25, -0.2) is 0 Å². The van der Waals surface area contributed by atoms with Crippen molar-refractivity contribution >= 4 is 81.1 Å². The molecule has 0 N–H and O–H groups in total. The van der Waals surface area contributed by atoms with Crippen LogP contribution >= 0.6 is 11.3 Å². The predicted octanol–water partition coefficient (Wildman–Crippen LogP) is 18.4. The summed E-state index contributed by atoms with van der Waals surface area (Å²) in [4.78, 5) is 2.41. The van der Waals surface area contributed by atoms with E-state index in [9.17, 15) is 0 Å². The van der Waals surface area contributed by atoms with Gasteiger partial charge in [0.15, 0.2) is 0 Å². The SMILES string of the molecule is c1ccc(-c2cc(-c3ccccc3)cc(N(c3ccc(-c4ccc5c(c4)sc4ccccc45)cc3)c3ccc(-c4ccc5c6ccc7ccccc7c6n(-c6ccccc6)c5c4)cc3)c2)cc1. The molecule has 0 bridgehead atoms. The summed E-state index contributed by atoms with van der Waals surface area (Å²) in [6, 6.07) is 93.2. The van der Waals surface area contributed by atoms with Gasteiger partial charge in [-0.2, -0.15) is 0 Å². The van der Waals surface area contributed by atoms with E-state index in [4.69, 9.17) is 0 Å². The van der Waals surface area contributed by atoms with Crippen molar-refractivity contribution in [3.8, 4) is 50.2 Å². The van der Waals surface area contributed by atoms with Crippen LogP contribution in [0.1, 0.15) is 0 Å². The summed E-state index contributed by atoms with van der Waals surface area (Å²) in [5.74, 6) is 0. The van der Waals surface area contributed by atoms with Gasteiger partial charge in [-0.3, -0.25) is 0 Å². The van der Waals surface area contributed by atoms with Crippen molar-refractivity contribution in [3.05, 3.63) is 255 Å². The number of anilines is 3. The monoisotopic (exact) mass is 870 g/mol. The number of nitrogens with zero attached hydrogens (tertiary/aromatic N) is 2. The van der Waals surface area contributed by atoms with Crippen LogP contribution in [0.15, 0.2) is 255 Å². The fourth-order valence-electron chi connectivity index (χ4n) is 10.1. The molecule has 0 amide bonds. The molecule has 2 heterocycles. The second kappa shape index (κ2) is 16.2. The molecule has 67 heavy (non-hydrogen) atoms. The van der Waals surface area contributed by atoms with Crippen molar-refractivity contribution in [2.24, 2.45) is 0 Å². The normalized spacial score (nSPS) is 11.6. The van der Waals surface area contributed by atoms with Crippen LogP contribution in [-0.2, 0) is 0 Å². The van der Waals surface area contributed by atoms with Crippen molar-refractivity contribution in [1.29, 1.82) is 0 Å². The smallest absolute Gasteiger partial charge is 0.0619 e. The van der Waals surface area contributed by atoms with Gasteiger partial charge in [0.1, 0.15) is 0 Å². The Balaban J connectivity index is 0.945. The van der Waals surface area contributed by atoms with Gasteiger partial charge in [0.2, 0.25) is 0 Å². The average molecular weight is 871 g/mol. The lowest BCUT2D eigenvalue weighted by Gasteiger charge is -2.27. The zero-order valence-corrected chi connectivity index (χ0v) is 37.4. The van der Waals surface area contributed by atoms with Crippen LogP contribution in [0.25, 0.3) is 103 Å². The molecule has 3 heteroatoms. The largest absolute Gasteiger partial charge is 0.310 e. The molecule has 0 saturated carbocycles. The highest BCUT2D eigenvalue weighted by molar-refractivity contribution is 7.25. The fourth-order valence-corrected chi connectivity index (χ4v) is 11.2. The standard InChI is InChI=1S/C64H42N2S/c1-4-14-43(15-5-1)50-38-51(44-16-6-2-7-17-44)40-55(39-50)65(54-33-26-46(27-34-54)49-30-36-59-58-22-12-13-23-62(58)67-63(59)42-49)53-31-24-45(25-32-53)48-29-35-57-60-37-28-47-18-10-11-21-56(47)64(60)66(61(57)41-48)52-19-8-3-9-20-52/h1-42H. The van der Waals surface area contributed by atoms with Crippen LogP contribution in [0.3, 0.4) is 0 Å². The molecular weight excluding hydrogens is 829 g/mol. The van der Waals surface area contributed by atoms with Crippen LogP contribution < -0.4 is 4.90 Å². The summed E-state index contributed by atoms with van der Waals surface area (Å²) in [5.41, 5.74) is 16.3. The van der Waals surface area contributed by atoms with Crippen LogP contribution in [0, 0.1) is 0 Å². The van der Waals surface area contributed by atoms with Crippen LogP contribution in [0.4, 0.5) is 17.1 Å². The maximum Gasteiger partial charge on any atom is 0.0619 e. The Bertz CT molecular complexity index is 3890. The Morgan fingerprint density at radius 2 is 0.776 bits per heavy atom. The van der Waals surface area contributed by atoms with E-state index in [0.29, 0.717) is 0 Å². The number of para-hydroxylation sites is 1. The number of hydrogen-bond donors (Lipinski definition) is 0. The summed E-state index contributed by atoms with van der Waals surface area (Å²) < 4.78 is 5.08. The van der Waals surface area contributed by atoms with Crippen molar-refractivity contribution in [1.82, 2.24) is 4.57 Å². The van der Waals surface area contributed by atoms with Crippen LogP contribution in [-0.4, -0.2) is 4.57 Å². The summed E-state index contributed by atoms with van der Waals surface area (Å²) in [6.07, 6.45) is 0. The summed E-state index contributed by atoms with van der Waals surface area (Å²) in [7, 11) is 0. The van der Waals surface area contributed by atoms with Gasteiger partial charge >= 0.3 is 0 Å². The van der Waals surface area contributed by atoms with Gasteiger partial charge in [-0.15, -0.1) is 11.3 Å². The number of rotatable bonds is 8. The molecule has 0 atom stereocenters. The Morgan fingerprint density at radius 1 is 0.284 bits per heavy atom. The van der Waals surface area contributed by atoms with E-state index in [1.165, 1.54) is 91.7 Å². The lowest BCUT2D eigenvalue weighted by atomic mass is 9.97. The van der Waals surface area contributed by atoms with E-state index in [1.807, 2.05) is 11.3 Å². The first kappa shape index (κ1) is 38.9. The first-order chi connectivity index (χ1) is 33.2. The molecule has 0 unspecified atom stereocenters. The molecule has 0 aliphatic heterocycles. The van der Waals surface area contributed by atoms with E-state index in [1.54, 1.807) is 0 Å². The predicted molar refractivity (Wildman–Crippen MR) is 288 cm³/mol. The zero-order chi connectivity index (χ0) is 44.3. The minimum Gasteiger partial charge on any atom is -0.310 e. The van der Waals surface area contributed by atoms with Gasteiger partial charge in [-0.1, -0.05) is 182 Å².